The van der Waals surface area contributed by atoms with Gasteiger partial charge in [-0.2, -0.15) is 0 Å². The van der Waals surface area contributed by atoms with Crippen LogP contribution >= 0.6 is 11.6 Å². The van der Waals surface area contributed by atoms with E-state index in [0.717, 1.165) is 10.5 Å². The molecule has 0 atom stereocenters. The van der Waals surface area contributed by atoms with Gasteiger partial charge in [0, 0.05) is 10.6 Å². The molecule has 9 heteroatoms. The minimum Gasteiger partial charge on any atom is -0.488 e. The predicted molar refractivity (Wildman–Crippen MR) is 129 cm³/mol. The minimum atomic E-state index is -1.02. The molecule has 4 amide bonds. The Bertz CT molecular complexity index is 1380. The van der Waals surface area contributed by atoms with Crippen molar-refractivity contribution in [2.45, 2.75) is 13.5 Å². The Hall–Kier alpha value is -4.43. The van der Waals surface area contributed by atoms with Crippen molar-refractivity contribution in [2.75, 3.05) is 4.90 Å². The zero-order chi connectivity index (χ0) is 25.1. The number of aromatic carboxylic acids is 1. The van der Waals surface area contributed by atoms with Crippen molar-refractivity contribution in [3.05, 3.63) is 99.6 Å². The van der Waals surface area contributed by atoms with Crippen molar-refractivity contribution in [1.29, 1.82) is 0 Å². The summed E-state index contributed by atoms with van der Waals surface area (Å²) in [6.07, 6.45) is 1.36. The Morgan fingerprint density at radius 2 is 1.77 bits per heavy atom. The van der Waals surface area contributed by atoms with Crippen molar-refractivity contribution in [2.24, 2.45) is 0 Å². The van der Waals surface area contributed by atoms with E-state index in [0.29, 0.717) is 21.9 Å². The summed E-state index contributed by atoms with van der Waals surface area (Å²) >= 11 is 6.06. The molecule has 2 N–H and O–H groups in total. The van der Waals surface area contributed by atoms with Gasteiger partial charge in [-0.15, -0.1) is 0 Å². The molecule has 1 aliphatic rings. The fraction of sp³-hybridized carbons (Fsp3) is 0.0769. The first kappa shape index (κ1) is 23.7. The maximum atomic E-state index is 13.2. The summed E-state index contributed by atoms with van der Waals surface area (Å²) < 4.78 is 5.87. The topological polar surface area (TPSA) is 113 Å². The lowest BCUT2D eigenvalue weighted by Crippen LogP contribution is -2.54. The van der Waals surface area contributed by atoms with Crippen LogP contribution in [0.15, 0.2) is 72.3 Å². The second-order valence-electron chi connectivity index (χ2n) is 7.72. The molecular weight excluding hydrogens is 472 g/mol. The Labute approximate surface area is 205 Å². The fourth-order valence-electron chi connectivity index (χ4n) is 3.49. The molecule has 4 rings (SSSR count). The fourth-order valence-corrected chi connectivity index (χ4v) is 3.66. The summed E-state index contributed by atoms with van der Waals surface area (Å²) in [6.45, 7) is 1.85. The molecule has 0 spiro atoms. The Morgan fingerprint density at radius 3 is 2.49 bits per heavy atom. The van der Waals surface area contributed by atoms with Crippen LogP contribution in [0.4, 0.5) is 10.5 Å². The highest BCUT2D eigenvalue weighted by Gasteiger charge is 2.37. The van der Waals surface area contributed by atoms with Crippen molar-refractivity contribution in [3.63, 3.8) is 0 Å². The van der Waals surface area contributed by atoms with E-state index in [-0.39, 0.29) is 23.4 Å². The van der Waals surface area contributed by atoms with Gasteiger partial charge in [0.1, 0.15) is 17.9 Å². The first-order valence-corrected chi connectivity index (χ1v) is 10.8. The van der Waals surface area contributed by atoms with Crippen LogP contribution in [0, 0.1) is 6.92 Å². The van der Waals surface area contributed by atoms with Gasteiger partial charge in [0.25, 0.3) is 11.8 Å². The number of para-hydroxylation sites is 1. The van der Waals surface area contributed by atoms with Gasteiger partial charge in [0.2, 0.25) is 0 Å². The number of anilines is 1. The number of rotatable bonds is 6. The smallest absolute Gasteiger partial charge is 0.335 e. The zero-order valence-corrected chi connectivity index (χ0v) is 19.2. The molecule has 3 aromatic carbocycles. The molecular formula is C26H19ClN2O6. The summed E-state index contributed by atoms with van der Waals surface area (Å²) in [5.41, 5.74) is 2.00. The third-order valence-corrected chi connectivity index (χ3v) is 5.56. The second kappa shape index (κ2) is 9.82. The average Bonchev–Trinajstić information content (AvgIpc) is 2.83. The number of carbonyl (C=O) groups excluding carboxylic acids is 3. The van der Waals surface area contributed by atoms with Gasteiger partial charge >= 0.3 is 12.0 Å². The molecule has 0 aromatic heterocycles. The molecule has 3 aromatic rings. The van der Waals surface area contributed by atoms with E-state index in [4.69, 9.17) is 21.4 Å². The Morgan fingerprint density at radius 1 is 1.06 bits per heavy atom. The Balaban J connectivity index is 1.62. The molecule has 1 saturated heterocycles. The highest BCUT2D eigenvalue weighted by atomic mass is 35.5. The van der Waals surface area contributed by atoms with Gasteiger partial charge in [0.15, 0.2) is 0 Å². The summed E-state index contributed by atoms with van der Waals surface area (Å²) in [6, 6.07) is 16.9. The number of ether oxygens (including phenoxy) is 1. The quantitative estimate of drug-likeness (QED) is 0.386. The maximum Gasteiger partial charge on any atom is 0.335 e. The first-order chi connectivity index (χ1) is 16.7. The highest BCUT2D eigenvalue weighted by Crippen LogP contribution is 2.29. The summed E-state index contributed by atoms with van der Waals surface area (Å²) in [4.78, 5) is 50.2. The molecule has 0 radical (unpaired) electrons. The standard InChI is InChI=1S/C26H19ClN2O6/c1-15-6-11-19(27)13-21(15)29-24(31)20(23(30)28-26(29)34)12-18-4-2-3-5-22(18)35-14-16-7-9-17(10-8-16)25(32)33/h2-13H,14H2,1H3,(H,32,33)(H,28,30,34)/b20-12-. The monoisotopic (exact) mass is 490 g/mol. The van der Waals surface area contributed by atoms with Crippen LogP contribution in [0.1, 0.15) is 27.0 Å². The van der Waals surface area contributed by atoms with Gasteiger partial charge in [-0.1, -0.05) is 48.0 Å². The number of hydrogen-bond donors (Lipinski definition) is 2. The number of nitrogens with zero attached hydrogens (tertiary/aromatic N) is 1. The van der Waals surface area contributed by atoms with E-state index < -0.39 is 23.8 Å². The molecule has 0 aliphatic carbocycles. The normalized spacial score (nSPS) is 14.7. The molecule has 8 nitrogen and oxygen atoms in total. The molecule has 0 bridgehead atoms. The van der Waals surface area contributed by atoms with E-state index in [1.54, 1.807) is 55.5 Å². The highest BCUT2D eigenvalue weighted by molar-refractivity contribution is 6.39. The van der Waals surface area contributed by atoms with Crippen molar-refractivity contribution >= 4 is 47.2 Å². The number of barbiturate groups is 1. The molecule has 1 aliphatic heterocycles. The molecule has 35 heavy (non-hydrogen) atoms. The number of carboxylic acids is 1. The van der Waals surface area contributed by atoms with Crippen LogP contribution in [-0.2, 0) is 16.2 Å². The summed E-state index contributed by atoms with van der Waals surface area (Å²) in [7, 11) is 0. The number of urea groups is 1. The van der Waals surface area contributed by atoms with Crippen LogP contribution < -0.4 is 15.0 Å². The number of amides is 4. The van der Waals surface area contributed by atoms with Crippen molar-refractivity contribution in [3.8, 4) is 5.75 Å². The minimum absolute atomic E-state index is 0.131. The van der Waals surface area contributed by atoms with E-state index >= 15 is 0 Å². The van der Waals surface area contributed by atoms with Crippen LogP contribution in [0.5, 0.6) is 5.75 Å². The molecule has 0 saturated carbocycles. The van der Waals surface area contributed by atoms with Gasteiger partial charge in [-0.25, -0.2) is 14.5 Å². The number of imide groups is 2. The van der Waals surface area contributed by atoms with Crippen molar-refractivity contribution in [1.82, 2.24) is 5.32 Å². The number of halogens is 1. The number of carboxylic acid groups (broad SMARTS) is 1. The van der Waals surface area contributed by atoms with Crippen LogP contribution in [-0.4, -0.2) is 28.9 Å². The van der Waals surface area contributed by atoms with Crippen molar-refractivity contribution < 1.29 is 29.0 Å². The average molecular weight is 491 g/mol. The van der Waals surface area contributed by atoms with E-state index in [9.17, 15) is 19.2 Å². The summed E-state index contributed by atoms with van der Waals surface area (Å²) in [5.74, 6) is -2.24. The van der Waals surface area contributed by atoms with Crippen LogP contribution in [0.25, 0.3) is 6.08 Å². The molecule has 1 fully saturated rings. The molecule has 1 heterocycles. The zero-order valence-electron chi connectivity index (χ0n) is 18.4. The van der Waals surface area contributed by atoms with E-state index in [1.807, 2.05) is 0 Å². The van der Waals surface area contributed by atoms with Gasteiger partial charge < -0.3 is 9.84 Å². The first-order valence-electron chi connectivity index (χ1n) is 10.5. The maximum absolute atomic E-state index is 13.2. The van der Waals surface area contributed by atoms with E-state index in [2.05, 4.69) is 5.32 Å². The lowest BCUT2D eigenvalue weighted by Gasteiger charge is -2.27. The predicted octanol–water partition coefficient (Wildman–Crippen LogP) is 4.59. The summed E-state index contributed by atoms with van der Waals surface area (Å²) in [5, 5.41) is 11.6. The number of hydrogen-bond acceptors (Lipinski definition) is 5. The third-order valence-electron chi connectivity index (χ3n) is 5.33. The van der Waals surface area contributed by atoms with Crippen LogP contribution in [0.3, 0.4) is 0 Å². The Kier molecular flexibility index (Phi) is 6.66. The van der Waals surface area contributed by atoms with E-state index in [1.165, 1.54) is 24.3 Å². The molecule has 0 unspecified atom stereocenters. The van der Waals surface area contributed by atoms with Gasteiger partial charge in [-0.05, 0) is 54.5 Å². The lowest BCUT2D eigenvalue weighted by molar-refractivity contribution is -0.122. The number of benzene rings is 3. The van der Waals surface area contributed by atoms with Gasteiger partial charge in [-0.3, -0.25) is 14.9 Å². The third kappa shape index (κ3) is 5.07. The molecule has 176 valence electrons. The lowest BCUT2D eigenvalue weighted by atomic mass is 10.0. The number of nitrogens with one attached hydrogen (secondary N) is 1. The number of aryl methyl sites for hydroxylation is 1. The van der Waals surface area contributed by atoms with Gasteiger partial charge in [0.05, 0.1) is 11.3 Å². The second-order valence-corrected chi connectivity index (χ2v) is 8.15. The largest absolute Gasteiger partial charge is 0.488 e. The SMILES string of the molecule is Cc1ccc(Cl)cc1N1C(=O)NC(=O)/C(=C/c2ccccc2OCc2ccc(C(=O)O)cc2)C1=O. The van der Waals surface area contributed by atoms with Crippen LogP contribution in [0.2, 0.25) is 5.02 Å². The number of carbonyl (C=O) groups is 4.